The zero-order valence-corrected chi connectivity index (χ0v) is 12.4. The second-order valence-corrected chi connectivity index (χ2v) is 4.59. The summed E-state index contributed by atoms with van der Waals surface area (Å²) in [6.07, 6.45) is -8.38. The van der Waals surface area contributed by atoms with Crippen LogP contribution in [0.3, 0.4) is 0 Å². The smallest absolute Gasteiger partial charge is 0.464 e. The fourth-order valence-corrected chi connectivity index (χ4v) is 1.89. The maximum absolute atomic E-state index is 12.7. The molecule has 0 saturated carbocycles. The lowest BCUT2D eigenvalue weighted by Gasteiger charge is -2.22. The zero-order chi connectivity index (χ0) is 16.5. The number of ether oxygens (including phenoxy) is 1. The third-order valence-electron chi connectivity index (χ3n) is 1.56. The molecule has 1 unspecified atom stereocenters. The van der Waals surface area contributed by atoms with Crippen LogP contribution in [-0.4, -0.2) is 38.1 Å². The highest BCUT2D eigenvalue weighted by molar-refractivity contribution is 7.48. The second kappa shape index (κ2) is 9.34. The van der Waals surface area contributed by atoms with Gasteiger partial charge in [-0.1, -0.05) is 0 Å². The number of esters is 1. The lowest BCUT2D eigenvalue weighted by molar-refractivity contribution is -0.290. The van der Waals surface area contributed by atoms with Gasteiger partial charge in [0.2, 0.25) is 0 Å². The Morgan fingerprint density at radius 2 is 1.52 bits per heavy atom. The van der Waals surface area contributed by atoms with Crippen LogP contribution in [0.15, 0.2) is 0 Å². The van der Waals surface area contributed by atoms with Crippen molar-refractivity contribution in [3.8, 4) is 0 Å². The second-order valence-electron chi connectivity index (χ2n) is 3.19. The minimum absolute atomic E-state index is 0.168. The molecule has 0 aliphatic rings. The molecule has 0 aromatic rings. The van der Waals surface area contributed by atoms with E-state index in [1.807, 2.05) is 0 Å². The summed E-state index contributed by atoms with van der Waals surface area (Å²) in [7, 11) is -4.95. The molecule has 12 heteroatoms. The first kappa shape index (κ1) is 20.3. The van der Waals surface area contributed by atoms with E-state index in [9.17, 15) is 22.5 Å². The Balaban J connectivity index is 5.10. The molecule has 21 heavy (non-hydrogen) atoms. The standard InChI is InChI=1S/C9H16F3O8P/c1-4-15-8(13)7(9(10,11)12)18-21(14,19-16-5-2)20-17-6-3/h7H,4-6H2,1-3H3. The first-order valence-corrected chi connectivity index (χ1v) is 7.30. The van der Waals surface area contributed by atoms with E-state index in [-0.39, 0.29) is 19.8 Å². The number of hydrogen-bond acceptors (Lipinski definition) is 8. The summed E-state index contributed by atoms with van der Waals surface area (Å²) in [4.78, 5) is 19.7. The fraction of sp³-hybridized carbons (Fsp3) is 0.889. The van der Waals surface area contributed by atoms with Crippen LogP contribution in [0, 0.1) is 0 Å². The minimum atomic E-state index is -5.20. The van der Waals surface area contributed by atoms with Crippen molar-refractivity contribution in [2.24, 2.45) is 0 Å². The molecule has 0 aliphatic carbocycles. The number of halogens is 3. The Morgan fingerprint density at radius 1 is 1.05 bits per heavy atom. The number of carbonyl (C=O) groups is 1. The van der Waals surface area contributed by atoms with E-state index in [0.29, 0.717) is 0 Å². The first-order valence-electron chi connectivity index (χ1n) is 5.84. The molecule has 0 amide bonds. The van der Waals surface area contributed by atoms with Crippen molar-refractivity contribution in [3.63, 3.8) is 0 Å². The van der Waals surface area contributed by atoms with Crippen LogP contribution < -0.4 is 0 Å². The molecule has 0 aromatic carbocycles. The maximum atomic E-state index is 12.7. The number of carbonyl (C=O) groups excluding carboxylic acids is 1. The lowest BCUT2D eigenvalue weighted by atomic mass is 10.3. The van der Waals surface area contributed by atoms with Gasteiger partial charge in [0.15, 0.2) is 0 Å². The number of hydrogen-bond donors (Lipinski definition) is 0. The Morgan fingerprint density at radius 3 is 1.86 bits per heavy atom. The summed E-state index contributed by atoms with van der Waals surface area (Å²) in [6, 6.07) is 0. The quantitative estimate of drug-likeness (QED) is 0.259. The molecule has 0 heterocycles. The van der Waals surface area contributed by atoms with E-state index in [1.54, 1.807) is 0 Å². The van der Waals surface area contributed by atoms with Gasteiger partial charge in [-0.25, -0.2) is 19.1 Å². The molecule has 0 aliphatic heterocycles. The molecule has 0 bridgehead atoms. The van der Waals surface area contributed by atoms with E-state index >= 15 is 0 Å². The van der Waals surface area contributed by atoms with Gasteiger partial charge in [0.25, 0.3) is 6.10 Å². The SMILES string of the molecule is CCOOP(=O)(OOCC)OC(C(=O)OCC)C(F)(F)F. The lowest BCUT2D eigenvalue weighted by Crippen LogP contribution is -2.40. The molecule has 8 nitrogen and oxygen atoms in total. The molecule has 1 atom stereocenters. The molecule has 126 valence electrons. The van der Waals surface area contributed by atoms with E-state index in [4.69, 9.17) is 0 Å². The van der Waals surface area contributed by atoms with E-state index in [0.717, 1.165) is 0 Å². The highest BCUT2D eigenvalue weighted by Gasteiger charge is 2.53. The zero-order valence-electron chi connectivity index (χ0n) is 11.5. The van der Waals surface area contributed by atoms with Gasteiger partial charge in [-0.15, -0.1) is 9.35 Å². The predicted octanol–water partition coefficient (Wildman–Crippen LogP) is 2.54. The summed E-state index contributed by atoms with van der Waals surface area (Å²) in [6.45, 7) is 3.42. The van der Waals surface area contributed by atoms with Gasteiger partial charge < -0.3 is 4.74 Å². The van der Waals surface area contributed by atoms with E-state index in [2.05, 4.69) is 28.4 Å². The Bertz CT molecular complexity index is 349. The third-order valence-corrected chi connectivity index (χ3v) is 2.60. The molecule has 0 N–H and O–H groups in total. The molecule has 0 rings (SSSR count). The van der Waals surface area contributed by atoms with Gasteiger partial charge in [-0.05, 0) is 20.8 Å². The molecule has 0 aromatic heterocycles. The molecular formula is C9H16F3O8P. The average molecular weight is 340 g/mol. The van der Waals surface area contributed by atoms with Crippen molar-refractivity contribution in [1.82, 2.24) is 0 Å². The van der Waals surface area contributed by atoms with Gasteiger partial charge in [0.1, 0.15) is 0 Å². The van der Waals surface area contributed by atoms with Crippen LogP contribution in [0.2, 0.25) is 0 Å². The topological polar surface area (TPSA) is 89.5 Å². The molecule has 0 fully saturated rings. The largest absolute Gasteiger partial charge is 0.530 e. The van der Waals surface area contributed by atoms with Crippen molar-refractivity contribution >= 4 is 13.8 Å². The summed E-state index contributed by atoms with van der Waals surface area (Å²) in [5.41, 5.74) is 0. The molecule has 0 radical (unpaired) electrons. The Labute approximate surface area is 118 Å². The third kappa shape index (κ3) is 7.74. The van der Waals surface area contributed by atoms with Crippen molar-refractivity contribution in [3.05, 3.63) is 0 Å². The van der Waals surface area contributed by atoms with Gasteiger partial charge in [0.05, 0.1) is 19.8 Å². The van der Waals surface area contributed by atoms with Crippen LogP contribution in [0.1, 0.15) is 20.8 Å². The van der Waals surface area contributed by atoms with Crippen LogP contribution in [0.4, 0.5) is 13.2 Å². The van der Waals surface area contributed by atoms with Crippen molar-refractivity contribution in [1.29, 1.82) is 0 Å². The minimum Gasteiger partial charge on any atom is -0.464 e. The summed E-state index contributed by atoms with van der Waals surface area (Å²) >= 11 is 0. The van der Waals surface area contributed by atoms with Crippen molar-refractivity contribution in [2.75, 3.05) is 19.8 Å². The van der Waals surface area contributed by atoms with E-state index < -0.39 is 26.1 Å². The fourth-order valence-electron chi connectivity index (χ4n) is 0.866. The van der Waals surface area contributed by atoms with Crippen LogP contribution in [-0.2, 0) is 37.7 Å². The summed E-state index contributed by atoms with van der Waals surface area (Å²) in [5.74, 6) is -1.80. The van der Waals surface area contributed by atoms with Crippen LogP contribution >= 0.6 is 7.82 Å². The average Bonchev–Trinajstić information content (AvgIpc) is 2.39. The normalized spacial score (nSPS) is 14.0. The number of alkyl halides is 3. The summed E-state index contributed by atoms with van der Waals surface area (Å²) in [5, 5.41) is 0. The van der Waals surface area contributed by atoms with Crippen LogP contribution in [0.25, 0.3) is 0 Å². The molecule has 0 spiro atoms. The van der Waals surface area contributed by atoms with Gasteiger partial charge in [-0.2, -0.15) is 13.2 Å². The highest BCUT2D eigenvalue weighted by Crippen LogP contribution is 2.52. The number of rotatable bonds is 10. The summed E-state index contributed by atoms with van der Waals surface area (Å²) < 4.78 is 66.6. The maximum Gasteiger partial charge on any atom is 0.530 e. The molecular weight excluding hydrogens is 324 g/mol. The Kier molecular flexibility index (Phi) is 9.02. The van der Waals surface area contributed by atoms with Gasteiger partial charge in [-0.3, -0.25) is 4.52 Å². The highest BCUT2D eigenvalue weighted by atomic mass is 31.2. The number of phosphoric acid groups is 1. The van der Waals surface area contributed by atoms with Crippen molar-refractivity contribution < 1.29 is 50.9 Å². The molecule has 0 saturated heterocycles. The first-order chi connectivity index (χ1) is 9.70. The van der Waals surface area contributed by atoms with Gasteiger partial charge >= 0.3 is 20.0 Å². The van der Waals surface area contributed by atoms with Crippen LogP contribution in [0.5, 0.6) is 0 Å². The monoisotopic (exact) mass is 340 g/mol. The van der Waals surface area contributed by atoms with Crippen molar-refractivity contribution in [2.45, 2.75) is 33.1 Å². The predicted molar refractivity (Wildman–Crippen MR) is 60.6 cm³/mol. The Hall–Kier alpha value is -0.710. The van der Waals surface area contributed by atoms with E-state index in [1.165, 1.54) is 20.8 Å². The van der Waals surface area contributed by atoms with Gasteiger partial charge in [0, 0.05) is 0 Å².